The van der Waals surface area contributed by atoms with Crippen LogP contribution in [0.25, 0.3) is 0 Å². The van der Waals surface area contributed by atoms with Crippen LogP contribution in [0.4, 0.5) is 0 Å². The summed E-state index contributed by atoms with van der Waals surface area (Å²) in [5.41, 5.74) is -0.163. The van der Waals surface area contributed by atoms with Gasteiger partial charge in [-0.15, -0.1) is 0 Å². The van der Waals surface area contributed by atoms with Crippen molar-refractivity contribution in [3.8, 4) is 5.75 Å². The number of esters is 1. The van der Waals surface area contributed by atoms with Gasteiger partial charge in [0, 0.05) is 0 Å². The predicted molar refractivity (Wildman–Crippen MR) is 89.9 cm³/mol. The average molecular weight is 330 g/mol. The number of carbonyl (C=O) groups excluding carboxylic acids is 1. The number of hydrogen-bond donors (Lipinski definition) is 0. The molecule has 130 valence electrons. The van der Waals surface area contributed by atoms with E-state index in [9.17, 15) is 4.79 Å². The highest BCUT2D eigenvalue weighted by Crippen LogP contribution is 2.64. The first-order valence-corrected chi connectivity index (χ1v) is 9.26. The maximum atomic E-state index is 13.0. The highest BCUT2D eigenvalue weighted by atomic mass is 16.7. The topological polar surface area (TPSA) is 48.1 Å². The van der Waals surface area contributed by atoms with Gasteiger partial charge in [0.05, 0.1) is 7.11 Å². The Hall–Kier alpha value is -1.55. The molecule has 24 heavy (non-hydrogen) atoms. The van der Waals surface area contributed by atoms with Crippen LogP contribution in [0.1, 0.15) is 63.4 Å². The van der Waals surface area contributed by atoms with Crippen molar-refractivity contribution in [1.29, 1.82) is 0 Å². The smallest absolute Gasteiger partial charge is 0.342 e. The van der Waals surface area contributed by atoms with Crippen molar-refractivity contribution in [2.75, 3.05) is 7.11 Å². The lowest BCUT2D eigenvalue weighted by atomic mass is 9.75. The second kappa shape index (κ2) is 6.07. The zero-order chi connectivity index (χ0) is 16.6. The largest absolute Gasteiger partial charge is 0.497 e. The van der Waals surface area contributed by atoms with Crippen LogP contribution in [0.5, 0.6) is 5.75 Å². The highest BCUT2D eigenvalue weighted by Gasteiger charge is 2.76. The monoisotopic (exact) mass is 330 g/mol. The molecule has 2 saturated carbocycles. The summed E-state index contributed by atoms with van der Waals surface area (Å²) < 4.78 is 17.3. The Morgan fingerprint density at radius 1 is 1.04 bits per heavy atom. The minimum absolute atomic E-state index is 0.0836. The van der Waals surface area contributed by atoms with Gasteiger partial charge in [0.15, 0.2) is 5.60 Å². The van der Waals surface area contributed by atoms with Crippen LogP contribution in [-0.4, -0.2) is 24.8 Å². The van der Waals surface area contributed by atoms with Gasteiger partial charge >= 0.3 is 5.97 Å². The number of benzene rings is 1. The van der Waals surface area contributed by atoms with E-state index in [1.807, 2.05) is 24.3 Å². The molecule has 1 aromatic rings. The summed E-state index contributed by atoms with van der Waals surface area (Å²) in [5.74, 6) is 0.687. The molecule has 0 bridgehead atoms. The zero-order valence-electron chi connectivity index (χ0n) is 14.4. The van der Waals surface area contributed by atoms with Crippen LogP contribution in [-0.2, 0) is 19.9 Å². The Morgan fingerprint density at radius 2 is 1.75 bits per heavy atom. The molecule has 1 saturated heterocycles. The normalized spacial score (nSPS) is 32.7. The minimum atomic E-state index is -0.753. The van der Waals surface area contributed by atoms with Gasteiger partial charge in [-0.2, -0.15) is 0 Å². The third-order valence-corrected chi connectivity index (χ3v) is 5.98. The molecule has 0 amide bonds. The van der Waals surface area contributed by atoms with E-state index in [1.54, 1.807) is 7.11 Å². The molecule has 0 spiro atoms. The number of hydrogen-bond acceptors (Lipinski definition) is 4. The lowest BCUT2D eigenvalue weighted by Crippen LogP contribution is -2.39. The van der Waals surface area contributed by atoms with Crippen LogP contribution in [0, 0.1) is 0 Å². The predicted octanol–water partition coefficient (Wildman–Crippen LogP) is 4.11. The highest BCUT2D eigenvalue weighted by molar-refractivity contribution is 5.86. The Labute approximate surface area is 143 Å². The van der Waals surface area contributed by atoms with E-state index in [4.69, 9.17) is 14.2 Å². The van der Waals surface area contributed by atoms with E-state index in [1.165, 1.54) is 6.42 Å². The zero-order valence-corrected chi connectivity index (χ0v) is 14.4. The molecule has 2 atom stereocenters. The van der Waals surface area contributed by atoms with Gasteiger partial charge in [0.1, 0.15) is 17.5 Å². The molecular formula is C20H26O4. The maximum absolute atomic E-state index is 13.0. The van der Waals surface area contributed by atoms with E-state index in [2.05, 4.69) is 0 Å². The SMILES string of the molecule is COc1ccc(C23CCCCC2(C(=O)OC2CCCCC2)O3)cc1. The minimum Gasteiger partial charge on any atom is -0.497 e. The summed E-state index contributed by atoms with van der Waals surface area (Å²) in [5, 5.41) is 0. The Morgan fingerprint density at radius 3 is 2.46 bits per heavy atom. The van der Waals surface area contributed by atoms with E-state index in [0.29, 0.717) is 0 Å². The van der Waals surface area contributed by atoms with E-state index in [-0.39, 0.29) is 12.1 Å². The summed E-state index contributed by atoms with van der Waals surface area (Å²) in [6, 6.07) is 7.94. The maximum Gasteiger partial charge on any atom is 0.342 e. The molecule has 4 rings (SSSR count). The fourth-order valence-corrected chi connectivity index (χ4v) is 4.56. The quantitative estimate of drug-likeness (QED) is 0.616. The van der Waals surface area contributed by atoms with Crippen molar-refractivity contribution >= 4 is 5.97 Å². The van der Waals surface area contributed by atoms with E-state index < -0.39 is 11.2 Å². The van der Waals surface area contributed by atoms with Crippen LogP contribution in [0.3, 0.4) is 0 Å². The number of carbonyl (C=O) groups is 1. The standard InChI is InChI=1S/C20H26O4/c1-22-16-11-9-15(10-12-16)19-13-5-6-14-20(19,24-19)18(21)23-17-7-3-2-4-8-17/h9-12,17H,2-8,13-14H2,1H3. The molecule has 4 nitrogen and oxygen atoms in total. The summed E-state index contributed by atoms with van der Waals surface area (Å²) in [6.45, 7) is 0. The van der Waals surface area contributed by atoms with Gasteiger partial charge in [-0.3, -0.25) is 0 Å². The van der Waals surface area contributed by atoms with Crippen LogP contribution < -0.4 is 4.74 Å². The first-order chi connectivity index (χ1) is 11.7. The van der Waals surface area contributed by atoms with Gasteiger partial charge in [-0.25, -0.2) is 4.79 Å². The summed E-state index contributed by atoms with van der Waals surface area (Å²) in [6.07, 6.45) is 9.43. The number of epoxide rings is 1. The van der Waals surface area contributed by atoms with Crippen molar-refractivity contribution in [2.24, 2.45) is 0 Å². The van der Waals surface area contributed by atoms with Crippen molar-refractivity contribution in [2.45, 2.75) is 75.1 Å². The molecule has 3 fully saturated rings. The lowest BCUT2D eigenvalue weighted by molar-refractivity contribution is -0.157. The van der Waals surface area contributed by atoms with Gasteiger partial charge in [-0.1, -0.05) is 18.6 Å². The Balaban J connectivity index is 1.55. The first kappa shape index (κ1) is 15.9. The lowest BCUT2D eigenvalue weighted by Gasteiger charge is -2.27. The van der Waals surface area contributed by atoms with Crippen molar-refractivity contribution in [3.05, 3.63) is 29.8 Å². The summed E-state index contributed by atoms with van der Waals surface area (Å²) in [7, 11) is 1.66. The van der Waals surface area contributed by atoms with Crippen LogP contribution in [0.15, 0.2) is 24.3 Å². The molecule has 1 aliphatic heterocycles. The number of methoxy groups -OCH3 is 1. The number of fused-ring (bicyclic) bond motifs is 1. The molecule has 3 aliphatic rings. The summed E-state index contributed by atoms with van der Waals surface area (Å²) in [4.78, 5) is 13.0. The molecule has 2 aliphatic carbocycles. The van der Waals surface area contributed by atoms with Gasteiger partial charge in [0.2, 0.25) is 0 Å². The Bertz CT molecular complexity index is 605. The van der Waals surface area contributed by atoms with Crippen molar-refractivity contribution < 1.29 is 19.0 Å². The van der Waals surface area contributed by atoms with Gasteiger partial charge < -0.3 is 14.2 Å². The van der Waals surface area contributed by atoms with Gasteiger partial charge in [0.25, 0.3) is 0 Å². The molecule has 0 radical (unpaired) electrons. The van der Waals surface area contributed by atoms with Crippen molar-refractivity contribution in [1.82, 2.24) is 0 Å². The molecule has 2 unspecified atom stereocenters. The summed E-state index contributed by atoms with van der Waals surface area (Å²) >= 11 is 0. The molecule has 0 N–H and O–H groups in total. The van der Waals surface area contributed by atoms with Crippen LogP contribution in [0.2, 0.25) is 0 Å². The number of ether oxygens (including phenoxy) is 3. The Kier molecular flexibility index (Phi) is 4.03. The molecule has 0 aromatic heterocycles. The number of rotatable bonds is 4. The molecular weight excluding hydrogens is 304 g/mol. The average Bonchev–Trinajstić information content (AvgIpc) is 3.35. The third kappa shape index (κ3) is 2.43. The van der Waals surface area contributed by atoms with Crippen molar-refractivity contribution in [3.63, 3.8) is 0 Å². The molecule has 1 heterocycles. The van der Waals surface area contributed by atoms with Crippen LogP contribution >= 0.6 is 0 Å². The second-order valence-corrected chi connectivity index (χ2v) is 7.36. The molecule has 4 heteroatoms. The first-order valence-electron chi connectivity index (χ1n) is 9.26. The third-order valence-electron chi connectivity index (χ3n) is 5.98. The van der Waals surface area contributed by atoms with E-state index >= 15 is 0 Å². The van der Waals surface area contributed by atoms with E-state index in [0.717, 1.165) is 62.7 Å². The van der Waals surface area contributed by atoms with Gasteiger partial charge in [-0.05, 0) is 69.1 Å². The fourth-order valence-electron chi connectivity index (χ4n) is 4.56. The molecule has 1 aromatic carbocycles. The second-order valence-electron chi connectivity index (χ2n) is 7.36. The fraction of sp³-hybridized carbons (Fsp3) is 0.650.